The zero-order valence-corrected chi connectivity index (χ0v) is 15.6. The number of para-hydroxylation sites is 1. The topological polar surface area (TPSA) is 34.0 Å². The molecule has 0 saturated heterocycles. The number of benzene rings is 1. The van der Waals surface area contributed by atoms with Crippen LogP contribution in [0.4, 0.5) is 18.9 Å². The minimum absolute atomic E-state index is 0.332. The van der Waals surface area contributed by atoms with E-state index in [1.54, 1.807) is 12.1 Å². The highest BCUT2D eigenvalue weighted by Crippen LogP contribution is 2.40. The molecule has 0 spiro atoms. The number of hydrogen-bond acceptors (Lipinski definition) is 1. The van der Waals surface area contributed by atoms with Crippen molar-refractivity contribution in [1.82, 2.24) is 4.57 Å². The summed E-state index contributed by atoms with van der Waals surface area (Å²) in [6.07, 6.45) is 3.19. The maximum absolute atomic E-state index is 13.2. The Bertz CT molecular complexity index is 810. The van der Waals surface area contributed by atoms with E-state index in [0.717, 1.165) is 37.4 Å². The molecular formula is C21H25F3N2O. The van der Waals surface area contributed by atoms with Crippen LogP contribution >= 0.6 is 0 Å². The molecule has 1 aromatic carbocycles. The van der Waals surface area contributed by atoms with Gasteiger partial charge in [0, 0.05) is 25.1 Å². The second-order valence-electron chi connectivity index (χ2n) is 7.43. The lowest BCUT2D eigenvalue weighted by atomic mass is 9.76. The lowest BCUT2D eigenvalue weighted by molar-refractivity contribution is -0.137. The highest BCUT2D eigenvalue weighted by Gasteiger charge is 2.37. The number of rotatable bonds is 4. The summed E-state index contributed by atoms with van der Waals surface area (Å²) in [5, 5.41) is 2.73. The predicted molar refractivity (Wildman–Crippen MR) is 99.8 cm³/mol. The number of anilines is 1. The van der Waals surface area contributed by atoms with E-state index in [0.29, 0.717) is 17.5 Å². The summed E-state index contributed by atoms with van der Waals surface area (Å²) in [4.78, 5) is 12.6. The van der Waals surface area contributed by atoms with Gasteiger partial charge in [-0.15, -0.1) is 0 Å². The Labute approximate surface area is 157 Å². The SMILES string of the molecule is CCC1CCCC(c2ccccc2NC(=O)c2cn(C)cc2C(F)(F)F)C1. The van der Waals surface area contributed by atoms with Crippen LogP contribution in [0.1, 0.15) is 66.4 Å². The number of halogens is 3. The minimum Gasteiger partial charge on any atom is -0.356 e. The lowest BCUT2D eigenvalue weighted by Crippen LogP contribution is -2.19. The molecule has 2 atom stereocenters. The second-order valence-corrected chi connectivity index (χ2v) is 7.43. The summed E-state index contributed by atoms with van der Waals surface area (Å²) in [5.74, 6) is 0.273. The van der Waals surface area contributed by atoms with Crippen molar-refractivity contribution in [1.29, 1.82) is 0 Å². The van der Waals surface area contributed by atoms with Gasteiger partial charge in [-0.05, 0) is 36.3 Å². The Morgan fingerprint density at radius 3 is 2.67 bits per heavy atom. The van der Waals surface area contributed by atoms with Crippen LogP contribution in [-0.4, -0.2) is 10.5 Å². The first kappa shape index (κ1) is 19.5. The van der Waals surface area contributed by atoms with Crippen molar-refractivity contribution in [3.05, 3.63) is 53.3 Å². The number of carbonyl (C=O) groups excluding carboxylic acids is 1. The van der Waals surface area contributed by atoms with Crippen LogP contribution in [0.5, 0.6) is 0 Å². The number of aromatic nitrogens is 1. The first-order chi connectivity index (χ1) is 12.8. The van der Waals surface area contributed by atoms with Gasteiger partial charge in [0.15, 0.2) is 0 Å². The molecule has 1 fully saturated rings. The standard InChI is InChI=1S/C21H25F3N2O/c1-3-14-7-6-8-15(11-14)16-9-4-5-10-19(16)25-20(27)17-12-26(2)13-18(17)21(22,23)24/h4-5,9-10,12-15H,3,6-8,11H2,1-2H3,(H,25,27). The fourth-order valence-corrected chi connectivity index (χ4v) is 4.09. The van der Waals surface area contributed by atoms with Crippen molar-refractivity contribution < 1.29 is 18.0 Å². The third kappa shape index (κ3) is 4.37. The molecular weight excluding hydrogens is 353 g/mol. The molecule has 27 heavy (non-hydrogen) atoms. The monoisotopic (exact) mass is 378 g/mol. The summed E-state index contributed by atoms with van der Waals surface area (Å²) in [6, 6.07) is 7.48. The second kappa shape index (κ2) is 7.79. The van der Waals surface area contributed by atoms with Crippen LogP contribution in [-0.2, 0) is 13.2 Å². The van der Waals surface area contributed by atoms with E-state index in [-0.39, 0.29) is 5.56 Å². The normalized spacial score (nSPS) is 20.5. The molecule has 146 valence electrons. The molecule has 3 nitrogen and oxygen atoms in total. The first-order valence-corrected chi connectivity index (χ1v) is 9.43. The van der Waals surface area contributed by atoms with E-state index in [4.69, 9.17) is 0 Å². The minimum atomic E-state index is -4.56. The van der Waals surface area contributed by atoms with Crippen LogP contribution < -0.4 is 5.32 Å². The van der Waals surface area contributed by atoms with Crippen molar-refractivity contribution in [2.24, 2.45) is 13.0 Å². The van der Waals surface area contributed by atoms with Crippen molar-refractivity contribution >= 4 is 11.6 Å². The third-order valence-corrected chi connectivity index (χ3v) is 5.51. The lowest BCUT2D eigenvalue weighted by Gasteiger charge is -2.30. The van der Waals surface area contributed by atoms with Gasteiger partial charge in [0.1, 0.15) is 0 Å². The molecule has 0 aliphatic heterocycles. The van der Waals surface area contributed by atoms with E-state index in [1.807, 2.05) is 12.1 Å². The Balaban J connectivity index is 1.86. The molecule has 2 unspecified atom stereocenters. The summed E-state index contributed by atoms with van der Waals surface area (Å²) >= 11 is 0. The number of nitrogens with zero attached hydrogens (tertiary/aromatic N) is 1. The molecule has 1 aromatic heterocycles. The van der Waals surface area contributed by atoms with E-state index < -0.39 is 17.6 Å². The van der Waals surface area contributed by atoms with Crippen LogP contribution in [0.3, 0.4) is 0 Å². The van der Waals surface area contributed by atoms with Crippen LogP contribution in [0, 0.1) is 5.92 Å². The number of alkyl halides is 3. The summed E-state index contributed by atoms with van der Waals surface area (Å²) in [6.45, 7) is 2.19. The average molecular weight is 378 g/mol. The molecule has 0 radical (unpaired) electrons. The Morgan fingerprint density at radius 2 is 1.96 bits per heavy atom. The number of hydrogen-bond donors (Lipinski definition) is 1. The smallest absolute Gasteiger partial charge is 0.356 e. The van der Waals surface area contributed by atoms with Crippen molar-refractivity contribution in [2.45, 2.75) is 51.1 Å². The quantitative estimate of drug-likeness (QED) is 0.698. The Morgan fingerprint density at radius 1 is 1.22 bits per heavy atom. The van der Waals surface area contributed by atoms with Gasteiger partial charge >= 0.3 is 6.18 Å². The van der Waals surface area contributed by atoms with Crippen molar-refractivity contribution in [3.8, 4) is 0 Å². The Kier molecular flexibility index (Phi) is 5.63. The fraction of sp³-hybridized carbons (Fsp3) is 0.476. The van der Waals surface area contributed by atoms with Gasteiger partial charge < -0.3 is 9.88 Å². The molecule has 6 heteroatoms. The van der Waals surface area contributed by atoms with Gasteiger partial charge in [0.25, 0.3) is 5.91 Å². The summed E-state index contributed by atoms with van der Waals surface area (Å²) in [7, 11) is 1.48. The van der Waals surface area contributed by atoms with E-state index in [2.05, 4.69) is 12.2 Å². The largest absolute Gasteiger partial charge is 0.418 e. The molecule has 2 aromatic rings. The zero-order valence-electron chi connectivity index (χ0n) is 15.6. The highest BCUT2D eigenvalue weighted by atomic mass is 19.4. The first-order valence-electron chi connectivity index (χ1n) is 9.43. The van der Waals surface area contributed by atoms with E-state index in [9.17, 15) is 18.0 Å². The number of nitrogens with one attached hydrogen (secondary N) is 1. The molecule has 1 aliphatic rings. The van der Waals surface area contributed by atoms with Crippen LogP contribution in [0.2, 0.25) is 0 Å². The maximum atomic E-state index is 13.2. The number of amides is 1. The van der Waals surface area contributed by atoms with Gasteiger partial charge in [-0.3, -0.25) is 4.79 Å². The van der Waals surface area contributed by atoms with Gasteiger partial charge in [-0.1, -0.05) is 44.4 Å². The molecule has 1 amide bonds. The van der Waals surface area contributed by atoms with Gasteiger partial charge in [-0.2, -0.15) is 13.2 Å². The predicted octanol–water partition coefficient (Wildman–Crippen LogP) is 5.98. The molecule has 1 saturated carbocycles. The maximum Gasteiger partial charge on any atom is 0.418 e. The van der Waals surface area contributed by atoms with Crippen molar-refractivity contribution in [3.63, 3.8) is 0 Å². The third-order valence-electron chi connectivity index (χ3n) is 5.51. The Hall–Kier alpha value is -2.24. The zero-order chi connectivity index (χ0) is 19.6. The highest BCUT2D eigenvalue weighted by molar-refractivity contribution is 6.05. The molecule has 1 N–H and O–H groups in total. The van der Waals surface area contributed by atoms with E-state index >= 15 is 0 Å². The summed E-state index contributed by atoms with van der Waals surface area (Å²) in [5.41, 5.74) is 0.369. The van der Waals surface area contributed by atoms with Crippen LogP contribution in [0.25, 0.3) is 0 Å². The average Bonchev–Trinajstić information content (AvgIpc) is 3.05. The molecule has 3 rings (SSSR count). The van der Waals surface area contributed by atoms with E-state index in [1.165, 1.54) is 24.2 Å². The van der Waals surface area contributed by atoms with Crippen LogP contribution in [0.15, 0.2) is 36.7 Å². The van der Waals surface area contributed by atoms with Gasteiger partial charge in [-0.25, -0.2) is 0 Å². The van der Waals surface area contributed by atoms with Gasteiger partial charge in [0.2, 0.25) is 0 Å². The van der Waals surface area contributed by atoms with Crippen molar-refractivity contribution in [2.75, 3.05) is 5.32 Å². The molecule has 1 heterocycles. The molecule has 1 aliphatic carbocycles. The van der Waals surface area contributed by atoms with Gasteiger partial charge in [0.05, 0.1) is 11.1 Å². The molecule has 0 bridgehead atoms. The number of carbonyl (C=O) groups is 1. The summed E-state index contributed by atoms with van der Waals surface area (Å²) < 4.78 is 40.9. The fourth-order valence-electron chi connectivity index (χ4n) is 4.09. The number of aryl methyl sites for hydroxylation is 1.